The summed E-state index contributed by atoms with van der Waals surface area (Å²) in [5.41, 5.74) is 1.48. The Hall–Kier alpha value is -0.590. The summed E-state index contributed by atoms with van der Waals surface area (Å²) in [5, 5.41) is 0. The lowest BCUT2D eigenvalue weighted by atomic mass is 9.84. The van der Waals surface area contributed by atoms with E-state index in [1.54, 1.807) is 0 Å². The van der Waals surface area contributed by atoms with Crippen LogP contribution in [0.1, 0.15) is 25.7 Å². The quantitative estimate of drug-likeness (QED) is 0.482. The molecule has 0 saturated heterocycles. The molecule has 1 aliphatic carbocycles. The Morgan fingerprint density at radius 3 is 3.40 bits per heavy atom. The van der Waals surface area contributed by atoms with Crippen LogP contribution in [-0.2, 0) is 0 Å². The molecule has 2 rings (SSSR count). The van der Waals surface area contributed by atoms with Gasteiger partial charge in [0.25, 0.3) is 0 Å². The van der Waals surface area contributed by atoms with Crippen LogP contribution in [0, 0.1) is 12.5 Å². The molecule has 2 aliphatic rings. The Balaban J connectivity index is 2.17. The second-order valence-electron chi connectivity index (χ2n) is 3.03. The van der Waals surface area contributed by atoms with Crippen LogP contribution in [-0.4, -0.2) is 6.21 Å². The van der Waals surface area contributed by atoms with E-state index in [-0.39, 0.29) is 0 Å². The maximum Gasteiger partial charge on any atom is 0.0969 e. The minimum Gasteiger partial charge on any atom is -0.287 e. The fourth-order valence-electron chi connectivity index (χ4n) is 1.71. The monoisotopic (exact) mass is 134 g/mol. The predicted octanol–water partition coefficient (Wildman–Crippen LogP) is 2.35. The van der Waals surface area contributed by atoms with Gasteiger partial charge in [0.05, 0.1) is 6.54 Å². The number of rotatable bonds is 0. The average molecular weight is 134 g/mol. The van der Waals surface area contributed by atoms with E-state index in [0.717, 1.165) is 5.92 Å². The van der Waals surface area contributed by atoms with Crippen molar-refractivity contribution in [2.75, 3.05) is 0 Å². The Morgan fingerprint density at radius 1 is 1.50 bits per heavy atom. The van der Waals surface area contributed by atoms with Crippen molar-refractivity contribution in [1.29, 1.82) is 0 Å². The van der Waals surface area contributed by atoms with Crippen LogP contribution in [0.15, 0.2) is 16.6 Å². The van der Waals surface area contributed by atoms with Gasteiger partial charge in [-0.1, -0.05) is 6.08 Å². The van der Waals surface area contributed by atoms with Gasteiger partial charge in [-0.25, -0.2) is 0 Å². The molecule has 53 valence electrons. The SMILES string of the molecule is [CH]1N=CCC2CCCC=C12. The number of hydrogen-bond acceptors (Lipinski definition) is 1. The van der Waals surface area contributed by atoms with Gasteiger partial charge in [-0.3, -0.25) is 4.99 Å². The molecule has 1 aliphatic heterocycles. The van der Waals surface area contributed by atoms with E-state index in [9.17, 15) is 0 Å². The molecule has 0 saturated carbocycles. The third kappa shape index (κ3) is 1.00. The van der Waals surface area contributed by atoms with Crippen molar-refractivity contribution < 1.29 is 0 Å². The van der Waals surface area contributed by atoms with Crippen LogP contribution < -0.4 is 0 Å². The number of hydrogen-bond donors (Lipinski definition) is 0. The van der Waals surface area contributed by atoms with Gasteiger partial charge in [0, 0.05) is 6.21 Å². The predicted molar refractivity (Wildman–Crippen MR) is 42.8 cm³/mol. The highest BCUT2D eigenvalue weighted by atomic mass is 14.7. The minimum atomic E-state index is 0.811. The highest BCUT2D eigenvalue weighted by Crippen LogP contribution is 2.30. The number of fused-ring (bicyclic) bond motifs is 1. The molecule has 1 radical (unpaired) electrons. The lowest BCUT2D eigenvalue weighted by Crippen LogP contribution is -2.12. The van der Waals surface area contributed by atoms with E-state index in [1.807, 2.05) is 12.8 Å². The molecule has 0 N–H and O–H groups in total. The van der Waals surface area contributed by atoms with Crippen LogP contribution in [0.25, 0.3) is 0 Å². The zero-order chi connectivity index (χ0) is 6.81. The molecule has 1 unspecified atom stereocenters. The van der Waals surface area contributed by atoms with Crippen LogP contribution in [0.4, 0.5) is 0 Å². The smallest absolute Gasteiger partial charge is 0.0969 e. The molecule has 1 heteroatoms. The van der Waals surface area contributed by atoms with Crippen LogP contribution >= 0.6 is 0 Å². The van der Waals surface area contributed by atoms with E-state index >= 15 is 0 Å². The van der Waals surface area contributed by atoms with E-state index in [4.69, 9.17) is 0 Å². The number of aliphatic imine (C=N–C) groups is 1. The van der Waals surface area contributed by atoms with Crippen LogP contribution in [0.3, 0.4) is 0 Å². The average Bonchev–Trinajstić information content (AvgIpc) is 2.05. The van der Waals surface area contributed by atoms with Crippen molar-refractivity contribution in [3.05, 3.63) is 18.2 Å². The van der Waals surface area contributed by atoms with Crippen LogP contribution in [0.5, 0.6) is 0 Å². The topological polar surface area (TPSA) is 12.4 Å². The summed E-state index contributed by atoms with van der Waals surface area (Å²) in [7, 11) is 0. The molecular weight excluding hydrogens is 122 g/mol. The van der Waals surface area contributed by atoms with Gasteiger partial charge in [0.1, 0.15) is 0 Å². The fraction of sp³-hybridized carbons (Fsp3) is 0.556. The molecule has 0 bridgehead atoms. The summed E-state index contributed by atoms with van der Waals surface area (Å²) in [6.07, 6.45) is 9.54. The molecular formula is C9H12N. The first-order chi connectivity index (χ1) is 4.97. The molecule has 0 spiro atoms. The first-order valence-corrected chi connectivity index (χ1v) is 4.02. The lowest BCUT2D eigenvalue weighted by Gasteiger charge is -2.24. The highest BCUT2D eigenvalue weighted by Gasteiger charge is 2.18. The largest absolute Gasteiger partial charge is 0.287 e. The summed E-state index contributed by atoms with van der Waals surface area (Å²) in [6.45, 7) is 2.02. The molecule has 1 atom stereocenters. The third-order valence-electron chi connectivity index (χ3n) is 2.33. The van der Waals surface area contributed by atoms with Crippen molar-refractivity contribution in [2.24, 2.45) is 10.9 Å². The van der Waals surface area contributed by atoms with Gasteiger partial charge in [0.15, 0.2) is 0 Å². The minimum absolute atomic E-state index is 0.811. The lowest BCUT2D eigenvalue weighted by molar-refractivity contribution is 0.525. The van der Waals surface area contributed by atoms with E-state index in [1.165, 1.54) is 31.3 Å². The zero-order valence-electron chi connectivity index (χ0n) is 6.09. The van der Waals surface area contributed by atoms with Crippen molar-refractivity contribution in [3.63, 3.8) is 0 Å². The Labute approximate surface area is 61.9 Å². The van der Waals surface area contributed by atoms with Crippen molar-refractivity contribution in [1.82, 2.24) is 0 Å². The van der Waals surface area contributed by atoms with Gasteiger partial charge in [-0.05, 0) is 37.2 Å². The van der Waals surface area contributed by atoms with Gasteiger partial charge in [0.2, 0.25) is 0 Å². The Bertz CT molecular complexity index is 179. The first kappa shape index (κ1) is 6.14. The van der Waals surface area contributed by atoms with Gasteiger partial charge < -0.3 is 0 Å². The molecule has 1 nitrogen and oxygen atoms in total. The van der Waals surface area contributed by atoms with E-state index < -0.39 is 0 Å². The molecule has 0 fully saturated rings. The van der Waals surface area contributed by atoms with Crippen molar-refractivity contribution in [3.8, 4) is 0 Å². The normalized spacial score (nSPS) is 31.2. The summed E-state index contributed by atoms with van der Waals surface area (Å²) in [6, 6.07) is 0. The maximum absolute atomic E-state index is 4.14. The van der Waals surface area contributed by atoms with Gasteiger partial charge in [-0.2, -0.15) is 0 Å². The zero-order valence-corrected chi connectivity index (χ0v) is 6.09. The van der Waals surface area contributed by atoms with Crippen LogP contribution in [0.2, 0.25) is 0 Å². The maximum atomic E-state index is 4.14. The van der Waals surface area contributed by atoms with Gasteiger partial charge >= 0.3 is 0 Å². The molecule has 0 amide bonds. The first-order valence-electron chi connectivity index (χ1n) is 4.02. The summed E-state index contributed by atoms with van der Waals surface area (Å²) < 4.78 is 0. The number of nitrogens with zero attached hydrogens (tertiary/aromatic N) is 1. The molecule has 10 heavy (non-hydrogen) atoms. The molecule has 1 heterocycles. The second kappa shape index (κ2) is 2.57. The van der Waals surface area contributed by atoms with E-state index in [0.29, 0.717) is 0 Å². The molecule has 0 aromatic rings. The molecule has 0 aromatic heterocycles. The fourth-order valence-corrected chi connectivity index (χ4v) is 1.71. The van der Waals surface area contributed by atoms with Crippen molar-refractivity contribution >= 4 is 6.21 Å². The van der Waals surface area contributed by atoms with E-state index in [2.05, 4.69) is 11.1 Å². The highest BCUT2D eigenvalue weighted by molar-refractivity contribution is 5.62. The summed E-state index contributed by atoms with van der Waals surface area (Å²) >= 11 is 0. The number of allylic oxidation sites excluding steroid dienone is 1. The van der Waals surface area contributed by atoms with Crippen molar-refractivity contribution in [2.45, 2.75) is 25.7 Å². The Morgan fingerprint density at radius 2 is 2.50 bits per heavy atom. The molecule has 0 aromatic carbocycles. The summed E-state index contributed by atoms with van der Waals surface area (Å²) in [4.78, 5) is 4.14. The Kier molecular flexibility index (Phi) is 1.58. The standard InChI is InChI=1S/C9H12N/c1-2-4-9-7-10-6-5-8(9)3-1/h4,6-8H,1-3,5H2. The summed E-state index contributed by atoms with van der Waals surface area (Å²) in [5.74, 6) is 0.811. The van der Waals surface area contributed by atoms with Gasteiger partial charge in [-0.15, -0.1) is 0 Å². The third-order valence-corrected chi connectivity index (χ3v) is 2.33. The second-order valence-corrected chi connectivity index (χ2v) is 3.03.